The van der Waals surface area contributed by atoms with E-state index in [1.165, 1.54) is 11.1 Å². The Morgan fingerprint density at radius 2 is 2.04 bits per heavy atom. The fraction of sp³-hybridized carbons (Fsp3) is 0.682. The van der Waals surface area contributed by atoms with E-state index in [-0.39, 0.29) is 23.2 Å². The molecule has 0 amide bonds. The summed E-state index contributed by atoms with van der Waals surface area (Å²) >= 11 is 0. The van der Waals surface area contributed by atoms with Gasteiger partial charge in [-0.3, -0.25) is 4.79 Å². The third kappa shape index (κ3) is 2.04. The minimum Gasteiger partial charge on any atom is -0.393 e. The number of allylic oxidation sites excluding steroid dienone is 6. The van der Waals surface area contributed by atoms with Crippen molar-refractivity contribution in [3.8, 4) is 0 Å². The summed E-state index contributed by atoms with van der Waals surface area (Å²) in [5.74, 6) is -0.00567. The monoisotopic (exact) mass is 358 g/mol. The van der Waals surface area contributed by atoms with Crippen molar-refractivity contribution in [2.75, 3.05) is 6.61 Å². The van der Waals surface area contributed by atoms with E-state index in [9.17, 15) is 20.1 Å². The highest BCUT2D eigenvalue weighted by atomic mass is 16.3. The van der Waals surface area contributed by atoms with Crippen molar-refractivity contribution >= 4 is 5.78 Å². The number of fused-ring (bicyclic) bond motifs is 5. The Hall–Kier alpha value is -1.23. The molecular formula is C22H30O4. The van der Waals surface area contributed by atoms with Gasteiger partial charge in [0.25, 0.3) is 0 Å². The molecule has 4 rings (SSSR count). The average molecular weight is 358 g/mol. The Bertz CT molecular complexity index is 734. The molecule has 26 heavy (non-hydrogen) atoms. The van der Waals surface area contributed by atoms with Crippen molar-refractivity contribution in [1.29, 1.82) is 0 Å². The number of carbonyl (C=O) groups excluding carboxylic acids is 1. The highest BCUT2D eigenvalue weighted by molar-refractivity contribution is 5.89. The molecule has 0 radical (unpaired) electrons. The summed E-state index contributed by atoms with van der Waals surface area (Å²) in [6.45, 7) is 5.70. The first-order chi connectivity index (χ1) is 12.2. The van der Waals surface area contributed by atoms with Crippen LogP contribution in [-0.2, 0) is 4.79 Å². The second-order valence-corrected chi connectivity index (χ2v) is 9.36. The van der Waals surface area contributed by atoms with Crippen LogP contribution in [0.2, 0.25) is 0 Å². The van der Waals surface area contributed by atoms with Crippen LogP contribution >= 0.6 is 0 Å². The fourth-order valence-corrected chi connectivity index (χ4v) is 7.11. The predicted octanol–water partition coefficient (Wildman–Crippen LogP) is 2.54. The lowest BCUT2D eigenvalue weighted by atomic mass is 9.46. The molecule has 2 fully saturated rings. The van der Waals surface area contributed by atoms with Gasteiger partial charge in [0, 0.05) is 16.7 Å². The number of rotatable bonds is 2. The van der Waals surface area contributed by atoms with Gasteiger partial charge >= 0.3 is 0 Å². The van der Waals surface area contributed by atoms with Crippen molar-refractivity contribution in [3.63, 3.8) is 0 Å². The number of aliphatic hydroxyl groups is 3. The molecule has 4 aliphatic rings. The van der Waals surface area contributed by atoms with Gasteiger partial charge in [0.2, 0.25) is 0 Å². The summed E-state index contributed by atoms with van der Waals surface area (Å²) in [6, 6.07) is 0. The first-order valence-electron chi connectivity index (χ1n) is 9.80. The predicted molar refractivity (Wildman–Crippen MR) is 99.2 cm³/mol. The number of ketones is 1. The lowest BCUT2D eigenvalue weighted by molar-refractivity contribution is -0.176. The SMILES string of the molecule is CC1=C2C=CC=C[C@]2(C)[C@@H]2[C@@H](C1)[C@@H]1CC[C@](O)(C(=O)CO)[C@@]1(C)C[C@@H]2O. The standard InChI is InChI=1S/C22H30O4/c1-13-10-14-16-7-9-22(26,18(25)12-23)21(16,3)11-17(24)19(14)20(2)8-5-4-6-15(13)20/h4-6,8,14,16-17,19,23-24,26H,7,9-12H2,1-3H3/t14-,16-,17-,19+,20-,21-,22-/m0/s1. The van der Waals surface area contributed by atoms with Crippen LogP contribution in [0.1, 0.15) is 46.5 Å². The Morgan fingerprint density at radius 1 is 1.31 bits per heavy atom. The molecule has 0 aromatic rings. The Balaban J connectivity index is 1.81. The summed E-state index contributed by atoms with van der Waals surface area (Å²) in [6.07, 6.45) is 10.4. The van der Waals surface area contributed by atoms with E-state index in [1.54, 1.807) is 0 Å². The smallest absolute Gasteiger partial charge is 0.190 e. The lowest BCUT2D eigenvalue weighted by Gasteiger charge is -2.59. The van der Waals surface area contributed by atoms with Crippen LogP contribution in [0.15, 0.2) is 35.5 Å². The van der Waals surface area contributed by atoms with Crippen molar-refractivity contribution in [2.45, 2.75) is 58.2 Å². The van der Waals surface area contributed by atoms with Crippen LogP contribution in [-0.4, -0.2) is 39.4 Å². The van der Waals surface area contributed by atoms with Crippen LogP contribution in [0.5, 0.6) is 0 Å². The third-order valence-corrected chi connectivity index (χ3v) is 8.30. The topological polar surface area (TPSA) is 77.8 Å². The van der Waals surface area contributed by atoms with E-state index in [4.69, 9.17) is 0 Å². The summed E-state index contributed by atoms with van der Waals surface area (Å²) in [7, 11) is 0. The zero-order valence-corrected chi connectivity index (χ0v) is 15.9. The first kappa shape index (κ1) is 18.1. The number of Topliss-reactive ketones (excluding diaryl/α,β-unsaturated/α-hetero) is 1. The molecule has 4 nitrogen and oxygen atoms in total. The summed E-state index contributed by atoms with van der Waals surface area (Å²) in [5.41, 5.74) is 0.234. The molecule has 0 bridgehead atoms. The zero-order valence-electron chi connectivity index (χ0n) is 15.9. The molecule has 0 heterocycles. The summed E-state index contributed by atoms with van der Waals surface area (Å²) in [5, 5.41) is 31.9. The van der Waals surface area contributed by atoms with Crippen LogP contribution in [0.25, 0.3) is 0 Å². The molecule has 4 heteroatoms. The quantitative estimate of drug-likeness (QED) is 0.709. The van der Waals surface area contributed by atoms with E-state index in [0.717, 1.165) is 12.8 Å². The van der Waals surface area contributed by atoms with Gasteiger partial charge in [-0.15, -0.1) is 0 Å². The molecule has 142 valence electrons. The normalized spacial score (nSPS) is 49.6. The molecule has 0 aliphatic heterocycles. The maximum absolute atomic E-state index is 12.4. The van der Waals surface area contributed by atoms with E-state index >= 15 is 0 Å². The molecule has 0 saturated heterocycles. The van der Waals surface area contributed by atoms with Crippen LogP contribution in [0.4, 0.5) is 0 Å². The highest BCUT2D eigenvalue weighted by Gasteiger charge is 2.67. The molecule has 3 N–H and O–H groups in total. The Kier molecular flexibility index (Phi) is 3.93. The van der Waals surface area contributed by atoms with Gasteiger partial charge in [0.05, 0.1) is 6.10 Å². The van der Waals surface area contributed by atoms with Gasteiger partial charge in [-0.1, -0.05) is 43.7 Å². The Labute approximate surface area is 155 Å². The lowest BCUT2D eigenvalue weighted by Crippen LogP contribution is -2.61. The van der Waals surface area contributed by atoms with Gasteiger partial charge in [-0.2, -0.15) is 0 Å². The summed E-state index contributed by atoms with van der Waals surface area (Å²) < 4.78 is 0. The number of hydrogen-bond acceptors (Lipinski definition) is 4. The number of carbonyl (C=O) groups is 1. The van der Waals surface area contributed by atoms with E-state index in [1.807, 2.05) is 6.92 Å². The Morgan fingerprint density at radius 3 is 2.73 bits per heavy atom. The minimum atomic E-state index is -1.53. The molecule has 7 atom stereocenters. The number of aliphatic hydroxyl groups excluding tert-OH is 2. The van der Waals surface area contributed by atoms with Gasteiger partial charge in [0.15, 0.2) is 5.78 Å². The van der Waals surface area contributed by atoms with E-state index < -0.39 is 29.5 Å². The fourth-order valence-electron chi connectivity index (χ4n) is 7.11. The molecule has 2 saturated carbocycles. The zero-order chi connectivity index (χ0) is 18.9. The van der Waals surface area contributed by atoms with Crippen LogP contribution in [0.3, 0.4) is 0 Å². The molecular weight excluding hydrogens is 328 g/mol. The van der Waals surface area contributed by atoms with Crippen LogP contribution < -0.4 is 0 Å². The van der Waals surface area contributed by atoms with Crippen LogP contribution in [0, 0.1) is 28.6 Å². The maximum Gasteiger partial charge on any atom is 0.190 e. The molecule has 0 unspecified atom stereocenters. The van der Waals surface area contributed by atoms with Crippen molar-refractivity contribution < 1.29 is 20.1 Å². The second kappa shape index (κ2) is 5.63. The molecule has 0 spiro atoms. The second-order valence-electron chi connectivity index (χ2n) is 9.36. The average Bonchev–Trinajstić information content (AvgIpc) is 2.86. The molecule has 0 aromatic heterocycles. The van der Waals surface area contributed by atoms with Gasteiger partial charge in [-0.25, -0.2) is 0 Å². The van der Waals surface area contributed by atoms with Crippen molar-refractivity contribution in [3.05, 3.63) is 35.5 Å². The van der Waals surface area contributed by atoms with Gasteiger partial charge in [0.1, 0.15) is 12.2 Å². The van der Waals surface area contributed by atoms with Gasteiger partial charge in [-0.05, 0) is 50.0 Å². The number of hydrogen-bond donors (Lipinski definition) is 3. The first-order valence-corrected chi connectivity index (χ1v) is 9.80. The van der Waals surface area contributed by atoms with Crippen molar-refractivity contribution in [2.24, 2.45) is 28.6 Å². The highest BCUT2D eigenvalue weighted by Crippen LogP contribution is 2.67. The largest absolute Gasteiger partial charge is 0.393 e. The van der Waals surface area contributed by atoms with E-state index in [0.29, 0.717) is 12.8 Å². The summed E-state index contributed by atoms with van der Waals surface area (Å²) in [4.78, 5) is 12.4. The minimum absolute atomic E-state index is 0.0899. The molecule has 0 aromatic carbocycles. The third-order valence-electron chi connectivity index (χ3n) is 8.30. The van der Waals surface area contributed by atoms with Gasteiger partial charge < -0.3 is 15.3 Å². The van der Waals surface area contributed by atoms with E-state index in [2.05, 4.69) is 38.2 Å². The van der Waals surface area contributed by atoms with Crippen molar-refractivity contribution in [1.82, 2.24) is 0 Å². The maximum atomic E-state index is 12.4. The molecule has 4 aliphatic carbocycles.